The van der Waals surface area contributed by atoms with Crippen molar-refractivity contribution in [1.82, 2.24) is 20.0 Å². The van der Waals surface area contributed by atoms with E-state index in [1.807, 2.05) is 4.90 Å². The molecule has 1 unspecified atom stereocenters. The van der Waals surface area contributed by atoms with E-state index in [2.05, 4.69) is 40.8 Å². The van der Waals surface area contributed by atoms with Gasteiger partial charge in [-0.2, -0.15) is 0 Å². The van der Waals surface area contributed by atoms with E-state index in [0.29, 0.717) is 24.7 Å². The third-order valence-electron chi connectivity index (χ3n) is 6.20. The van der Waals surface area contributed by atoms with E-state index in [1.54, 1.807) is 0 Å². The van der Waals surface area contributed by atoms with Crippen LogP contribution in [0.3, 0.4) is 0 Å². The monoisotopic (exact) mass is 564 g/mol. The summed E-state index contributed by atoms with van der Waals surface area (Å²) in [6.07, 6.45) is 0. The summed E-state index contributed by atoms with van der Waals surface area (Å²) in [5.41, 5.74) is 0.346. The molecule has 1 aromatic carbocycles. The third-order valence-corrected chi connectivity index (χ3v) is 6.20. The highest BCUT2D eigenvalue weighted by atomic mass is 127. The number of hydrogen-bond donors (Lipinski definition) is 1. The molecule has 6 nitrogen and oxygen atoms in total. The lowest BCUT2D eigenvalue weighted by Crippen LogP contribution is -2.53. The average Bonchev–Trinajstić information content (AvgIpc) is 2.79. The molecular formula is C23H39F2IN6. The molecule has 2 fully saturated rings. The lowest BCUT2D eigenvalue weighted by atomic mass is 10.1. The van der Waals surface area contributed by atoms with E-state index in [1.165, 1.54) is 12.1 Å². The highest BCUT2D eigenvalue weighted by molar-refractivity contribution is 14.0. The van der Waals surface area contributed by atoms with Crippen molar-refractivity contribution >= 4 is 35.6 Å². The van der Waals surface area contributed by atoms with Gasteiger partial charge in [0.2, 0.25) is 0 Å². The molecule has 2 aliphatic heterocycles. The van der Waals surface area contributed by atoms with Crippen molar-refractivity contribution < 1.29 is 8.78 Å². The number of benzene rings is 1. The van der Waals surface area contributed by atoms with Crippen LogP contribution in [0.1, 0.15) is 20.8 Å². The number of likely N-dealkylation sites (N-methyl/N-ethyl adjacent to an activating group) is 1. The molecule has 0 radical (unpaired) electrons. The van der Waals surface area contributed by atoms with Crippen molar-refractivity contribution in [1.29, 1.82) is 0 Å². The Morgan fingerprint density at radius 2 is 1.66 bits per heavy atom. The van der Waals surface area contributed by atoms with E-state index in [4.69, 9.17) is 4.99 Å². The van der Waals surface area contributed by atoms with Gasteiger partial charge < -0.3 is 24.9 Å². The van der Waals surface area contributed by atoms with Gasteiger partial charge in [-0.25, -0.2) is 8.78 Å². The van der Waals surface area contributed by atoms with Crippen LogP contribution in [0, 0.1) is 17.6 Å². The number of nitrogens with zero attached hydrogens (tertiary/aromatic N) is 5. The van der Waals surface area contributed by atoms with Crippen LogP contribution in [0.15, 0.2) is 23.2 Å². The summed E-state index contributed by atoms with van der Waals surface area (Å²) in [7, 11) is 0. The molecule has 3 rings (SSSR count). The van der Waals surface area contributed by atoms with Gasteiger partial charge in [0, 0.05) is 78.1 Å². The normalized spacial score (nSPS) is 19.6. The van der Waals surface area contributed by atoms with E-state index >= 15 is 0 Å². The van der Waals surface area contributed by atoms with Crippen LogP contribution in [0.25, 0.3) is 0 Å². The minimum Gasteiger partial charge on any atom is -0.366 e. The molecule has 1 N–H and O–H groups in total. The van der Waals surface area contributed by atoms with Crippen molar-refractivity contribution in [3.05, 3.63) is 29.8 Å². The van der Waals surface area contributed by atoms with Crippen molar-refractivity contribution in [2.45, 2.75) is 20.8 Å². The summed E-state index contributed by atoms with van der Waals surface area (Å²) in [4.78, 5) is 14.1. The number of hydrogen-bond acceptors (Lipinski definition) is 4. The second-order valence-electron chi connectivity index (χ2n) is 8.60. The molecular weight excluding hydrogens is 525 g/mol. The van der Waals surface area contributed by atoms with Gasteiger partial charge in [0.05, 0.1) is 5.69 Å². The fraction of sp³-hybridized carbons (Fsp3) is 0.696. The molecule has 0 spiro atoms. The molecule has 1 aromatic rings. The summed E-state index contributed by atoms with van der Waals surface area (Å²) < 4.78 is 27.7. The van der Waals surface area contributed by atoms with Crippen molar-refractivity contribution in [2.75, 3.05) is 83.4 Å². The van der Waals surface area contributed by atoms with Gasteiger partial charge >= 0.3 is 0 Å². The van der Waals surface area contributed by atoms with Crippen molar-refractivity contribution in [3.8, 4) is 0 Å². The second-order valence-corrected chi connectivity index (χ2v) is 8.60. The molecule has 182 valence electrons. The summed E-state index contributed by atoms with van der Waals surface area (Å²) in [5, 5.41) is 3.40. The first-order valence-corrected chi connectivity index (χ1v) is 11.7. The minimum atomic E-state index is -0.404. The minimum absolute atomic E-state index is 0. The van der Waals surface area contributed by atoms with Crippen LogP contribution in [-0.4, -0.2) is 99.2 Å². The number of halogens is 3. The number of guanidine groups is 1. The van der Waals surface area contributed by atoms with E-state index in [9.17, 15) is 8.78 Å². The van der Waals surface area contributed by atoms with Gasteiger partial charge in [-0.3, -0.25) is 4.99 Å². The van der Waals surface area contributed by atoms with E-state index in [0.717, 1.165) is 77.5 Å². The Labute approximate surface area is 209 Å². The predicted octanol–water partition coefficient (Wildman–Crippen LogP) is 2.94. The molecule has 2 saturated heterocycles. The molecule has 0 aliphatic carbocycles. The molecule has 1 atom stereocenters. The smallest absolute Gasteiger partial charge is 0.194 e. The Balaban J connectivity index is 0.00000363. The average molecular weight is 565 g/mol. The number of nitrogens with one attached hydrogen (secondary N) is 1. The van der Waals surface area contributed by atoms with Gasteiger partial charge in [0.25, 0.3) is 0 Å². The van der Waals surface area contributed by atoms with Crippen LogP contribution in [0.2, 0.25) is 0 Å². The second kappa shape index (κ2) is 13.5. The molecule has 2 aliphatic rings. The number of piperazine rings is 2. The Bertz CT molecular complexity index is 718. The highest BCUT2D eigenvalue weighted by Crippen LogP contribution is 2.22. The Morgan fingerprint density at radius 1 is 1.00 bits per heavy atom. The van der Waals surface area contributed by atoms with Crippen LogP contribution < -0.4 is 10.2 Å². The van der Waals surface area contributed by atoms with E-state index < -0.39 is 5.82 Å². The van der Waals surface area contributed by atoms with Crippen LogP contribution in [0.5, 0.6) is 0 Å². The fourth-order valence-corrected chi connectivity index (χ4v) is 4.34. The van der Waals surface area contributed by atoms with Crippen molar-refractivity contribution in [2.24, 2.45) is 10.9 Å². The van der Waals surface area contributed by atoms with Gasteiger partial charge in [-0.1, -0.05) is 13.8 Å². The molecule has 32 heavy (non-hydrogen) atoms. The number of aliphatic imine (C=N–C) groups is 1. The summed E-state index contributed by atoms with van der Waals surface area (Å²) in [5.74, 6) is 0.636. The van der Waals surface area contributed by atoms with Gasteiger partial charge in [0.1, 0.15) is 11.6 Å². The molecule has 9 heteroatoms. The Kier molecular flexibility index (Phi) is 11.4. The van der Waals surface area contributed by atoms with Gasteiger partial charge in [-0.15, -0.1) is 24.0 Å². The topological polar surface area (TPSA) is 37.4 Å². The number of anilines is 1. The highest BCUT2D eigenvalue weighted by Gasteiger charge is 2.23. The Hall–Kier alpha value is -1.20. The quantitative estimate of drug-likeness (QED) is 0.313. The van der Waals surface area contributed by atoms with E-state index in [-0.39, 0.29) is 29.8 Å². The maximum Gasteiger partial charge on any atom is 0.194 e. The summed E-state index contributed by atoms with van der Waals surface area (Å²) in [6, 6.07) is 3.65. The number of rotatable bonds is 7. The first kappa shape index (κ1) is 27.0. The largest absolute Gasteiger partial charge is 0.366 e. The van der Waals surface area contributed by atoms with Gasteiger partial charge in [-0.05, 0) is 31.5 Å². The van der Waals surface area contributed by atoms with Crippen LogP contribution in [0.4, 0.5) is 14.5 Å². The molecule has 0 amide bonds. The van der Waals surface area contributed by atoms with Crippen molar-refractivity contribution in [3.63, 3.8) is 0 Å². The van der Waals surface area contributed by atoms with Crippen LogP contribution >= 0.6 is 24.0 Å². The third kappa shape index (κ3) is 7.69. The fourth-order valence-electron chi connectivity index (χ4n) is 4.34. The SMILES string of the molecule is CCNC(=NCC(C)CN1CCN(CC)CC1)N1CCN(c2cc(F)ccc2F)CC1.I. The van der Waals surface area contributed by atoms with Crippen LogP contribution in [-0.2, 0) is 0 Å². The standard InChI is InChI=1S/C23H38F2N6.HI/c1-4-26-23(27-17-19(3)18-29-10-8-28(5-2)9-11-29)31-14-12-30(13-15-31)22-16-20(24)6-7-21(22)25;/h6-7,16,19H,4-5,8-15,17-18H2,1-3H3,(H,26,27);1H. The zero-order chi connectivity index (χ0) is 22.2. The van der Waals surface area contributed by atoms with Gasteiger partial charge in [0.15, 0.2) is 5.96 Å². The summed E-state index contributed by atoms with van der Waals surface area (Å²) >= 11 is 0. The first-order chi connectivity index (χ1) is 15.0. The summed E-state index contributed by atoms with van der Waals surface area (Å²) in [6.45, 7) is 17.7. The first-order valence-electron chi connectivity index (χ1n) is 11.7. The zero-order valence-corrected chi connectivity index (χ0v) is 22.0. The molecule has 2 heterocycles. The lowest BCUT2D eigenvalue weighted by molar-refractivity contribution is 0.125. The lowest BCUT2D eigenvalue weighted by Gasteiger charge is -2.38. The molecule has 0 aromatic heterocycles. The maximum absolute atomic E-state index is 14.1. The molecule has 0 bridgehead atoms. The maximum atomic E-state index is 14.1. The Morgan fingerprint density at radius 3 is 2.28 bits per heavy atom. The molecule has 0 saturated carbocycles. The zero-order valence-electron chi connectivity index (χ0n) is 19.7. The predicted molar refractivity (Wildman–Crippen MR) is 139 cm³/mol.